The molecule has 2 atom stereocenters. The molecule has 0 radical (unpaired) electrons. The van der Waals surface area contributed by atoms with Crippen molar-refractivity contribution in [2.24, 2.45) is 5.73 Å². The van der Waals surface area contributed by atoms with E-state index in [4.69, 9.17) is 19.9 Å². The number of unbranched alkanes of at least 4 members (excludes halogenated alkanes) is 1. The molecule has 4 N–H and O–H groups in total. The first-order valence-corrected chi connectivity index (χ1v) is 10.5. The number of hydrogen-bond acceptors (Lipinski definition) is 8. The van der Waals surface area contributed by atoms with E-state index in [2.05, 4.69) is 10.6 Å². The van der Waals surface area contributed by atoms with E-state index in [1.807, 2.05) is 0 Å². The molecule has 180 valence electrons. The van der Waals surface area contributed by atoms with Gasteiger partial charge in [-0.2, -0.15) is 0 Å². The summed E-state index contributed by atoms with van der Waals surface area (Å²) < 4.78 is 15.3. The molecule has 0 spiro atoms. The molecule has 0 aromatic rings. The summed E-state index contributed by atoms with van der Waals surface area (Å²) in [7, 11) is 1.22. The fraction of sp³-hybridized carbons (Fsp3) is 0.810. The van der Waals surface area contributed by atoms with Crippen LogP contribution in [0.1, 0.15) is 73.6 Å². The van der Waals surface area contributed by atoms with Crippen LogP contribution in [-0.4, -0.2) is 60.9 Å². The van der Waals surface area contributed by atoms with Crippen molar-refractivity contribution in [1.29, 1.82) is 0 Å². The summed E-state index contributed by atoms with van der Waals surface area (Å²) in [5.41, 5.74) is 4.02. The van der Waals surface area contributed by atoms with Crippen molar-refractivity contribution in [2.75, 3.05) is 13.7 Å². The van der Waals surface area contributed by atoms with Crippen LogP contribution in [0.25, 0.3) is 0 Å². The smallest absolute Gasteiger partial charge is 0.329 e. The van der Waals surface area contributed by atoms with Gasteiger partial charge in [-0.1, -0.05) is 0 Å². The number of nitrogens with two attached hydrogens (primary N) is 1. The van der Waals surface area contributed by atoms with Crippen LogP contribution >= 0.6 is 0 Å². The Bertz CT molecular complexity index is 609. The molecular formula is C21H39N3O7. The molecule has 0 saturated heterocycles. The molecule has 0 aromatic carbocycles. The van der Waals surface area contributed by atoms with Crippen molar-refractivity contribution in [3.8, 4) is 0 Å². The summed E-state index contributed by atoms with van der Waals surface area (Å²) in [5.74, 6) is -1.80. The highest BCUT2D eigenvalue weighted by atomic mass is 16.6. The molecule has 0 aliphatic heterocycles. The summed E-state index contributed by atoms with van der Waals surface area (Å²) in [6.45, 7) is 10.8. The van der Waals surface area contributed by atoms with Gasteiger partial charge in [0.25, 0.3) is 0 Å². The molecule has 0 heterocycles. The molecule has 0 aliphatic carbocycles. The summed E-state index contributed by atoms with van der Waals surface area (Å²) >= 11 is 0. The summed E-state index contributed by atoms with van der Waals surface area (Å²) in [5, 5.41) is 5.00. The van der Waals surface area contributed by atoms with Gasteiger partial charge in [0.15, 0.2) is 0 Å². The van der Waals surface area contributed by atoms with E-state index in [1.54, 1.807) is 41.5 Å². The molecule has 0 aromatic heterocycles. The second-order valence-electron chi connectivity index (χ2n) is 9.19. The molecule has 0 rings (SSSR count). The van der Waals surface area contributed by atoms with Crippen molar-refractivity contribution in [1.82, 2.24) is 10.6 Å². The lowest BCUT2D eigenvalue weighted by Gasteiger charge is -2.26. The standard InChI is InChI=1S/C21H39N3O7/c1-20(2,3)30-16(25)12-11-15(18(27)31-21(4,5)6)24-19(28)23-14(17(26)29-7)10-8-9-13-22/h14-15H,8-13,22H2,1-7H3,(H2,23,24,28). The number of amides is 2. The largest absolute Gasteiger partial charge is 0.467 e. The number of rotatable bonds is 11. The number of carbonyl (C=O) groups is 4. The zero-order chi connectivity index (χ0) is 24.2. The average Bonchev–Trinajstić information content (AvgIpc) is 2.60. The molecular weight excluding hydrogens is 406 g/mol. The Morgan fingerprint density at radius 2 is 1.32 bits per heavy atom. The maximum absolute atomic E-state index is 12.6. The number of carbonyl (C=O) groups excluding carboxylic acids is 4. The van der Waals surface area contributed by atoms with E-state index in [0.717, 1.165) is 0 Å². The second kappa shape index (κ2) is 13.1. The van der Waals surface area contributed by atoms with Gasteiger partial charge in [-0.3, -0.25) is 4.79 Å². The van der Waals surface area contributed by atoms with Gasteiger partial charge >= 0.3 is 23.9 Å². The van der Waals surface area contributed by atoms with Gasteiger partial charge in [0.2, 0.25) is 0 Å². The van der Waals surface area contributed by atoms with E-state index >= 15 is 0 Å². The van der Waals surface area contributed by atoms with E-state index in [-0.39, 0.29) is 12.8 Å². The Kier molecular flexibility index (Phi) is 12.1. The van der Waals surface area contributed by atoms with Gasteiger partial charge in [0, 0.05) is 6.42 Å². The van der Waals surface area contributed by atoms with Crippen LogP contribution in [0, 0.1) is 0 Å². The van der Waals surface area contributed by atoms with E-state index < -0.39 is 47.2 Å². The molecule has 2 amide bonds. The van der Waals surface area contributed by atoms with Crippen molar-refractivity contribution in [2.45, 2.75) is 96.9 Å². The van der Waals surface area contributed by atoms with Crippen molar-refractivity contribution < 1.29 is 33.4 Å². The highest BCUT2D eigenvalue weighted by Crippen LogP contribution is 2.13. The van der Waals surface area contributed by atoms with Crippen molar-refractivity contribution >= 4 is 23.9 Å². The van der Waals surface area contributed by atoms with Crippen LogP contribution in [0.5, 0.6) is 0 Å². The Hall–Kier alpha value is -2.36. The Labute approximate surface area is 184 Å². The Balaban J connectivity index is 5.16. The second-order valence-corrected chi connectivity index (χ2v) is 9.19. The van der Waals surface area contributed by atoms with Crippen molar-refractivity contribution in [3.63, 3.8) is 0 Å². The number of urea groups is 1. The molecule has 31 heavy (non-hydrogen) atoms. The summed E-state index contributed by atoms with van der Waals surface area (Å²) in [6.07, 6.45) is 1.52. The summed E-state index contributed by atoms with van der Waals surface area (Å²) in [6, 6.07) is -2.74. The Morgan fingerprint density at radius 1 is 0.806 bits per heavy atom. The van der Waals surface area contributed by atoms with E-state index in [9.17, 15) is 19.2 Å². The predicted octanol–water partition coefficient (Wildman–Crippen LogP) is 1.79. The van der Waals surface area contributed by atoms with Crippen LogP contribution < -0.4 is 16.4 Å². The lowest BCUT2D eigenvalue weighted by Crippen LogP contribution is -2.52. The SMILES string of the molecule is COC(=O)C(CCCCN)NC(=O)NC(CCC(=O)OC(C)(C)C)C(=O)OC(C)(C)C. The first-order valence-electron chi connectivity index (χ1n) is 10.5. The fourth-order valence-electron chi connectivity index (χ4n) is 2.52. The monoisotopic (exact) mass is 445 g/mol. The van der Waals surface area contributed by atoms with E-state index in [0.29, 0.717) is 25.8 Å². The lowest BCUT2D eigenvalue weighted by atomic mass is 10.1. The van der Waals surface area contributed by atoms with Crippen LogP contribution in [0.4, 0.5) is 4.79 Å². The minimum Gasteiger partial charge on any atom is -0.467 e. The molecule has 0 fully saturated rings. The zero-order valence-corrected chi connectivity index (χ0v) is 19.8. The first-order chi connectivity index (χ1) is 14.2. The third-order valence-corrected chi connectivity index (χ3v) is 3.79. The number of esters is 3. The minimum atomic E-state index is -1.10. The molecule has 0 aliphatic rings. The Morgan fingerprint density at radius 3 is 1.77 bits per heavy atom. The zero-order valence-electron chi connectivity index (χ0n) is 19.8. The van der Waals surface area contributed by atoms with Gasteiger partial charge < -0.3 is 30.6 Å². The van der Waals surface area contributed by atoms with Crippen LogP contribution in [0.15, 0.2) is 0 Å². The quantitative estimate of drug-likeness (QED) is 0.248. The highest BCUT2D eigenvalue weighted by molar-refractivity contribution is 5.87. The third kappa shape index (κ3) is 14.3. The fourth-order valence-corrected chi connectivity index (χ4v) is 2.52. The summed E-state index contributed by atoms with van der Waals surface area (Å²) in [4.78, 5) is 49.0. The molecule has 10 nitrogen and oxygen atoms in total. The number of methoxy groups -OCH3 is 1. The maximum Gasteiger partial charge on any atom is 0.329 e. The number of ether oxygens (including phenoxy) is 3. The highest BCUT2D eigenvalue weighted by Gasteiger charge is 2.30. The van der Waals surface area contributed by atoms with Gasteiger partial charge in [-0.05, 0) is 73.8 Å². The van der Waals surface area contributed by atoms with Crippen LogP contribution in [0.3, 0.4) is 0 Å². The first kappa shape index (κ1) is 28.6. The minimum absolute atomic E-state index is 0.0205. The van der Waals surface area contributed by atoms with Gasteiger partial charge in [0.1, 0.15) is 23.3 Å². The topological polar surface area (TPSA) is 146 Å². The lowest BCUT2D eigenvalue weighted by molar-refractivity contribution is -0.158. The molecule has 2 unspecified atom stereocenters. The number of nitrogens with one attached hydrogen (secondary N) is 2. The predicted molar refractivity (Wildman–Crippen MR) is 115 cm³/mol. The van der Waals surface area contributed by atoms with Crippen LogP contribution in [-0.2, 0) is 28.6 Å². The molecule has 10 heteroatoms. The van der Waals surface area contributed by atoms with E-state index in [1.165, 1.54) is 7.11 Å². The van der Waals surface area contributed by atoms with Gasteiger partial charge in [0.05, 0.1) is 7.11 Å². The molecule has 0 saturated carbocycles. The maximum atomic E-state index is 12.6. The molecule has 0 bridgehead atoms. The van der Waals surface area contributed by atoms with Gasteiger partial charge in [-0.25, -0.2) is 14.4 Å². The average molecular weight is 446 g/mol. The number of hydrogen-bond donors (Lipinski definition) is 3. The third-order valence-electron chi connectivity index (χ3n) is 3.79. The van der Waals surface area contributed by atoms with Gasteiger partial charge in [-0.15, -0.1) is 0 Å². The van der Waals surface area contributed by atoms with Crippen molar-refractivity contribution in [3.05, 3.63) is 0 Å². The normalized spacial score (nSPS) is 13.5. The van der Waals surface area contributed by atoms with Crippen LogP contribution in [0.2, 0.25) is 0 Å².